The average molecular weight is 375 g/mol. The molecule has 1 N–H and O–H groups in total. The molecule has 0 atom stereocenters. The first-order valence-electron chi connectivity index (χ1n) is 8.41. The molecule has 1 aliphatic heterocycles. The molecule has 7 heteroatoms. The van der Waals surface area contributed by atoms with E-state index in [1.165, 1.54) is 6.07 Å². The Morgan fingerprint density at radius 2 is 1.92 bits per heavy atom. The first-order valence-corrected chi connectivity index (χ1v) is 8.79. The van der Waals surface area contributed by atoms with Gasteiger partial charge in [-0.15, -0.1) is 0 Å². The number of hydrogen-bond donors (Lipinski definition) is 1. The predicted molar refractivity (Wildman–Crippen MR) is 99.7 cm³/mol. The van der Waals surface area contributed by atoms with Gasteiger partial charge in [0.25, 0.3) is 0 Å². The summed E-state index contributed by atoms with van der Waals surface area (Å²) in [5, 5.41) is 3.70. The first kappa shape index (κ1) is 17.1. The third kappa shape index (κ3) is 2.99. The topological polar surface area (TPSA) is 41.1 Å². The van der Waals surface area contributed by atoms with Crippen LogP contribution in [0.5, 0.6) is 0 Å². The second-order valence-electron chi connectivity index (χ2n) is 6.32. The summed E-state index contributed by atoms with van der Waals surface area (Å²) in [6, 6.07) is 5.80. The average Bonchev–Trinajstić information content (AvgIpc) is 2.65. The van der Waals surface area contributed by atoms with Crippen LogP contribution in [0.1, 0.15) is 5.56 Å². The number of halogens is 3. The summed E-state index contributed by atoms with van der Waals surface area (Å²) in [6.45, 7) is 5.35. The summed E-state index contributed by atoms with van der Waals surface area (Å²) >= 11 is 6.39. The lowest BCUT2D eigenvalue weighted by atomic mass is 10.0. The molecule has 0 aliphatic carbocycles. The summed E-state index contributed by atoms with van der Waals surface area (Å²) in [7, 11) is 0. The summed E-state index contributed by atoms with van der Waals surface area (Å²) in [4.78, 5) is 11.1. The van der Waals surface area contributed by atoms with Crippen LogP contribution in [0.4, 0.5) is 14.6 Å². The standard InChI is InChI=1S/C19H17ClF2N4/c1-11-18(20)17-14(22)9-13(21)10-15(17)25-19(11)12-2-3-24-16(8-12)26-6-4-23-5-7-26/h2-3,8-10,23H,4-7H2,1H3. The second kappa shape index (κ2) is 6.78. The molecule has 1 aromatic carbocycles. The Labute approximate surface area is 154 Å². The lowest BCUT2D eigenvalue weighted by Gasteiger charge is -2.28. The monoisotopic (exact) mass is 374 g/mol. The molecule has 1 aliphatic rings. The Balaban J connectivity index is 1.85. The summed E-state index contributed by atoms with van der Waals surface area (Å²) in [6.07, 6.45) is 1.72. The van der Waals surface area contributed by atoms with Gasteiger partial charge in [0.05, 0.1) is 21.6 Å². The number of hydrogen-bond acceptors (Lipinski definition) is 4. The minimum atomic E-state index is -0.705. The molecular formula is C19H17ClF2N4. The van der Waals surface area contributed by atoms with Gasteiger partial charge in [0.15, 0.2) is 0 Å². The van der Waals surface area contributed by atoms with Crippen LogP contribution in [0.15, 0.2) is 30.5 Å². The molecule has 3 aromatic rings. The van der Waals surface area contributed by atoms with E-state index >= 15 is 0 Å². The van der Waals surface area contributed by atoms with Crippen molar-refractivity contribution in [1.82, 2.24) is 15.3 Å². The Bertz CT molecular complexity index is 987. The van der Waals surface area contributed by atoms with Gasteiger partial charge in [0.2, 0.25) is 0 Å². The zero-order valence-electron chi connectivity index (χ0n) is 14.2. The van der Waals surface area contributed by atoms with Gasteiger partial charge in [0, 0.05) is 50.1 Å². The van der Waals surface area contributed by atoms with Crippen LogP contribution in [0.2, 0.25) is 5.02 Å². The molecule has 4 rings (SSSR count). The number of rotatable bonds is 2. The van der Waals surface area contributed by atoms with Gasteiger partial charge in [0.1, 0.15) is 17.5 Å². The van der Waals surface area contributed by atoms with Crippen LogP contribution < -0.4 is 10.2 Å². The van der Waals surface area contributed by atoms with Crippen molar-refractivity contribution < 1.29 is 8.78 Å². The number of anilines is 1. The van der Waals surface area contributed by atoms with Crippen molar-refractivity contribution in [1.29, 1.82) is 0 Å². The molecule has 26 heavy (non-hydrogen) atoms. The Morgan fingerprint density at radius 1 is 1.15 bits per heavy atom. The molecule has 2 aromatic heterocycles. The van der Waals surface area contributed by atoms with E-state index in [1.54, 1.807) is 13.1 Å². The van der Waals surface area contributed by atoms with E-state index in [9.17, 15) is 8.78 Å². The highest BCUT2D eigenvalue weighted by Gasteiger charge is 2.18. The predicted octanol–water partition coefficient (Wildman–Crippen LogP) is 3.95. The van der Waals surface area contributed by atoms with E-state index in [0.717, 1.165) is 43.6 Å². The molecule has 0 saturated carbocycles. The van der Waals surface area contributed by atoms with E-state index in [-0.39, 0.29) is 15.9 Å². The lowest BCUT2D eigenvalue weighted by molar-refractivity contribution is 0.585. The zero-order chi connectivity index (χ0) is 18.3. The maximum absolute atomic E-state index is 14.1. The number of benzene rings is 1. The maximum Gasteiger partial charge on any atom is 0.137 e. The van der Waals surface area contributed by atoms with Crippen molar-refractivity contribution in [3.63, 3.8) is 0 Å². The van der Waals surface area contributed by atoms with Gasteiger partial charge in [-0.2, -0.15) is 0 Å². The summed E-state index contributed by atoms with van der Waals surface area (Å²) < 4.78 is 27.8. The van der Waals surface area contributed by atoms with Crippen LogP contribution >= 0.6 is 11.6 Å². The Morgan fingerprint density at radius 3 is 2.69 bits per heavy atom. The van der Waals surface area contributed by atoms with E-state index in [4.69, 9.17) is 11.6 Å². The van der Waals surface area contributed by atoms with Crippen molar-refractivity contribution in [3.05, 3.63) is 52.7 Å². The second-order valence-corrected chi connectivity index (χ2v) is 6.70. The van der Waals surface area contributed by atoms with Crippen molar-refractivity contribution in [3.8, 4) is 11.3 Å². The molecule has 134 valence electrons. The summed E-state index contributed by atoms with van der Waals surface area (Å²) in [5.41, 5.74) is 2.28. The number of piperazine rings is 1. The van der Waals surface area contributed by atoms with E-state index in [2.05, 4.69) is 20.2 Å². The first-order chi connectivity index (χ1) is 12.5. The quantitative estimate of drug-likeness (QED) is 0.737. The highest BCUT2D eigenvalue weighted by Crippen LogP contribution is 2.35. The molecule has 0 bridgehead atoms. The lowest BCUT2D eigenvalue weighted by Crippen LogP contribution is -2.43. The van der Waals surface area contributed by atoms with Gasteiger partial charge < -0.3 is 10.2 Å². The molecule has 1 fully saturated rings. The number of nitrogens with zero attached hydrogens (tertiary/aromatic N) is 3. The Hall–Kier alpha value is -2.31. The van der Waals surface area contributed by atoms with E-state index in [0.29, 0.717) is 11.3 Å². The fourth-order valence-corrected chi connectivity index (χ4v) is 3.55. The van der Waals surface area contributed by atoms with Crippen LogP contribution in [-0.4, -0.2) is 36.1 Å². The summed E-state index contributed by atoms with van der Waals surface area (Å²) in [5.74, 6) is -0.528. The molecule has 0 spiro atoms. The van der Waals surface area contributed by atoms with Crippen LogP contribution in [0, 0.1) is 18.6 Å². The molecule has 0 radical (unpaired) electrons. The SMILES string of the molecule is Cc1c(-c2ccnc(N3CCNCC3)c2)nc2cc(F)cc(F)c2c1Cl. The van der Waals surface area contributed by atoms with Gasteiger partial charge in [-0.05, 0) is 24.6 Å². The molecular weight excluding hydrogens is 358 g/mol. The smallest absolute Gasteiger partial charge is 0.137 e. The van der Waals surface area contributed by atoms with Crippen molar-refractivity contribution in [2.24, 2.45) is 0 Å². The minimum absolute atomic E-state index is 0.144. The fraction of sp³-hybridized carbons (Fsp3) is 0.263. The van der Waals surface area contributed by atoms with Crippen molar-refractivity contribution in [2.45, 2.75) is 6.92 Å². The van der Waals surface area contributed by atoms with E-state index < -0.39 is 11.6 Å². The largest absolute Gasteiger partial charge is 0.354 e. The normalized spacial score (nSPS) is 14.8. The Kier molecular flexibility index (Phi) is 4.46. The van der Waals surface area contributed by atoms with Gasteiger partial charge in [-0.25, -0.2) is 18.7 Å². The van der Waals surface area contributed by atoms with Gasteiger partial charge in [-0.1, -0.05) is 11.6 Å². The molecule has 1 saturated heterocycles. The minimum Gasteiger partial charge on any atom is -0.354 e. The third-order valence-electron chi connectivity index (χ3n) is 4.63. The number of fused-ring (bicyclic) bond motifs is 1. The highest BCUT2D eigenvalue weighted by molar-refractivity contribution is 6.36. The molecule has 4 nitrogen and oxygen atoms in total. The number of pyridine rings is 2. The maximum atomic E-state index is 14.1. The number of nitrogens with one attached hydrogen (secondary N) is 1. The zero-order valence-corrected chi connectivity index (χ0v) is 14.9. The van der Waals surface area contributed by atoms with Crippen LogP contribution in [0.3, 0.4) is 0 Å². The van der Waals surface area contributed by atoms with E-state index in [1.807, 2.05) is 12.1 Å². The van der Waals surface area contributed by atoms with Gasteiger partial charge in [-0.3, -0.25) is 0 Å². The van der Waals surface area contributed by atoms with Crippen molar-refractivity contribution >= 4 is 28.3 Å². The molecule has 0 amide bonds. The van der Waals surface area contributed by atoms with Crippen molar-refractivity contribution in [2.75, 3.05) is 31.1 Å². The number of aromatic nitrogens is 2. The molecule has 0 unspecified atom stereocenters. The van der Waals surface area contributed by atoms with Crippen LogP contribution in [-0.2, 0) is 0 Å². The molecule has 3 heterocycles. The highest BCUT2D eigenvalue weighted by atomic mass is 35.5. The van der Waals surface area contributed by atoms with Crippen LogP contribution in [0.25, 0.3) is 22.2 Å². The van der Waals surface area contributed by atoms with Gasteiger partial charge >= 0.3 is 0 Å². The third-order valence-corrected chi connectivity index (χ3v) is 5.10. The fourth-order valence-electron chi connectivity index (χ4n) is 3.27.